The van der Waals surface area contributed by atoms with Gasteiger partial charge in [0.15, 0.2) is 0 Å². The van der Waals surface area contributed by atoms with Crippen molar-refractivity contribution in [2.75, 3.05) is 47.1 Å². The minimum absolute atomic E-state index is 0.0706. The van der Waals surface area contributed by atoms with Gasteiger partial charge in [-0.1, -0.05) is 12.1 Å². The normalized spacial score (nSPS) is 26.5. The molecular formula is C20H29N3O5S. The number of rotatable bonds is 4. The third-order valence-corrected chi connectivity index (χ3v) is 7.99. The van der Waals surface area contributed by atoms with Gasteiger partial charge in [-0.3, -0.25) is 9.59 Å². The topological polar surface area (TPSA) is 87.2 Å². The molecule has 1 aromatic carbocycles. The van der Waals surface area contributed by atoms with Crippen LogP contribution in [0.2, 0.25) is 0 Å². The van der Waals surface area contributed by atoms with Gasteiger partial charge in [0.1, 0.15) is 5.75 Å². The molecule has 2 aliphatic rings. The zero-order valence-electron chi connectivity index (χ0n) is 17.4. The Morgan fingerprint density at radius 3 is 2.69 bits per heavy atom. The molecule has 2 atom stereocenters. The minimum Gasteiger partial charge on any atom is -0.497 e. The fraction of sp³-hybridized carbons (Fsp3) is 0.600. The van der Waals surface area contributed by atoms with Gasteiger partial charge in [-0.2, -0.15) is 0 Å². The predicted molar refractivity (Wildman–Crippen MR) is 109 cm³/mol. The van der Waals surface area contributed by atoms with Gasteiger partial charge in [0.05, 0.1) is 24.7 Å². The van der Waals surface area contributed by atoms with Crippen molar-refractivity contribution < 1.29 is 22.7 Å². The second kappa shape index (κ2) is 7.95. The van der Waals surface area contributed by atoms with Gasteiger partial charge in [-0.25, -0.2) is 12.7 Å². The number of methoxy groups -OCH3 is 1. The maximum absolute atomic E-state index is 13.2. The van der Waals surface area contributed by atoms with Crippen LogP contribution in [0.5, 0.6) is 5.75 Å². The predicted octanol–water partition coefficient (Wildman–Crippen LogP) is 0.579. The first kappa shape index (κ1) is 21.6. The number of ether oxygens (including phenoxy) is 1. The van der Waals surface area contributed by atoms with Gasteiger partial charge in [0.25, 0.3) is 0 Å². The van der Waals surface area contributed by atoms with Crippen LogP contribution in [0.1, 0.15) is 18.4 Å². The number of hydrogen-bond donors (Lipinski definition) is 0. The summed E-state index contributed by atoms with van der Waals surface area (Å²) in [6.07, 6.45) is 0.881. The summed E-state index contributed by atoms with van der Waals surface area (Å²) in [5.41, 5.74) is -0.0703. The molecule has 2 amide bonds. The van der Waals surface area contributed by atoms with E-state index < -0.39 is 21.5 Å². The summed E-state index contributed by atoms with van der Waals surface area (Å²) in [4.78, 5) is 29.4. The SMILES string of the molecule is COc1cccc(CC(=O)N2CC[C@H]3N(C)S(=O)(=O)CC[C@]3(C(=O)N(C)C)C2)c1. The van der Waals surface area contributed by atoms with Crippen LogP contribution in [0.25, 0.3) is 0 Å². The molecular weight excluding hydrogens is 394 g/mol. The van der Waals surface area contributed by atoms with Crippen LogP contribution in [-0.2, 0) is 26.0 Å². The average Bonchev–Trinajstić information content (AvgIpc) is 2.70. The second-order valence-electron chi connectivity index (χ2n) is 8.09. The van der Waals surface area contributed by atoms with Crippen LogP contribution < -0.4 is 4.74 Å². The standard InChI is InChI=1S/C20H29N3O5S/c1-21(2)19(25)20-9-11-29(26,27)22(3)17(20)8-10-23(14-20)18(24)13-15-6-5-7-16(12-15)28-4/h5-7,12,17H,8-11,13-14H2,1-4H3/t17-,20+/m1/s1. The van der Waals surface area contributed by atoms with Gasteiger partial charge in [-0.15, -0.1) is 0 Å². The molecule has 9 heteroatoms. The molecule has 8 nitrogen and oxygen atoms in total. The molecule has 1 aromatic rings. The molecule has 2 fully saturated rings. The Labute approximate surface area is 172 Å². The highest BCUT2D eigenvalue weighted by molar-refractivity contribution is 7.89. The van der Waals surface area contributed by atoms with Crippen LogP contribution in [0, 0.1) is 5.41 Å². The first-order chi connectivity index (χ1) is 13.6. The summed E-state index contributed by atoms with van der Waals surface area (Å²) in [6.45, 7) is 0.660. The maximum Gasteiger partial charge on any atom is 0.231 e. The summed E-state index contributed by atoms with van der Waals surface area (Å²) >= 11 is 0. The number of fused-ring (bicyclic) bond motifs is 1. The lowest BCUT2D eigenvalue weighted by molar-refractivity contribution is -0.152. The number of benzene rings is 1. The van der Waals surface area contributed by atoms with E-state index in [0.717, 1.165) is 5.56 Å². The van der Waals surface area contributed by atoms with Gasteiger partial charge in [0.2, 0.25) is 21.8 Å². The monoisotopic (exact) mass is 423 g/mol. The van der Waals surface area contributed by atoms with Crippen LogP contribution in [0.15, 0.2) is 24.3 Å². The number of carbonyl (C=O) groups excluding carboxylic acids is 2. The fourth-order valence-corrected chi connectivity index (χ4v) is 6.15. The second-order valence-corrected chi connectivity index (χ2v) is 10.2. The molecule has 0 unspecified atom stereocenters. The number of hydrogen-bond acceptors (Lipinski definition) is 5. The van der Waals surface area contributed by atoms with Gasteiger partial charge in [-0.05, 0) is 30.5 Å². The number of piperidine rings is 1. The van der Waals surface area contributed by atoms with Gasteiger partial charge < -0.3 is 14.5 Å². The van der Waals surface area contributed by atoms with E-state index in [2.05, 4.69) is 0 Å². The first-order valence-electron chi connectivity index (χ1n) is 9.69. The molecule has 160 valence electrons. The van der Waals surface area contributed by atoms with Crippen molar-refractivity contribution in [1.82, 2.24) is 14.1 Å². The Balaban J connectivity index is 1.85. The zero-order chi connectivity index (χ0) is 21.4. The number of amides is 2. The molecule has 2 heterocycles. The first-order valence-corrected chi connectivity index (χ1v) is 11.3. The van der Waals surface area contributed by atoms with Crippen molar-refractivity contribution >= 4 is 21.8 Å². The summed E-state index contributed by atoms with van der Waals surface area (Å²) in [7, 11) is 3.10. The van der Waals surface area contributed by atoms with Gasteiger partial charge in [0, 0.05) is 40.3 Å². The highest BCUT2D eigenvalue weighted by Gasteiger charge is 2.57. The highest BCUT2D eigenvalue weighted by Crippen LogP contribution is 2.43. The average molecular weight is 424 g/mol. The quantitative estimate of drug-likeness (QED) is 0.707. The van der Waals surface area contributed by atoms with E-state index in [1.54, 1.807) is 33.2 Å². The van der Waals surface area contributed by atoms with Crippen molar-refractivity contribution in [3.8, 4) is 5.75 Å². The summed E-state index contributed by atoms with van der Waals surface area (Å²) < 4.78 is 31.4. The van der Waals surface area contributed by atoms with E-state index in [-0.39, 0.29) is 37.0 Å². The smallest absolute Gasteiger partial charge is 0.231 e. The summed E-state index contributed by atoms with van der Waals surface area (Å²) in [6, 6.07) is 6.92. The molecule has 3 rings (SSSR count). The van der Waals surface area contributed by atoms with Crippen LogP contribution >= 0.6 is 0 Å². The molecule has 0 radical (unpaired) electrons. The highest BCUT2D eigenvalue weighted by atomic mass is 32.2. The Hall–Kier alpha value is -2.13. The Bertz CT molecular complexity index is 901. The summed E-state index contributed by atoms with van der Waals surface area (Å²) in [5, 5.41) is 0. The van der Waals surface area contributed by atoms with E-state index in [4.69, 9.17) is 4.74 Å². The van der Waals surface area contributed by atoms with E-state index >= 15 is 0 Å². The molecule has 0 aromatic heterocycles. The van der Waals surface area contributed by atoms with Crippen molar-refractivity contribution in [3.05, 3.63) is 29.8 Å². The maximum atomic E-state index is 13.2. The molecule has 0 saturated carbocycles. The fourth-order valence-electron chi connectivity index (χ4n) is 4.55. The van der Waals surface area contributed by atoms with E-state index in [1.807, 2.05) is 24.3 Å². The molecule has 0 bridgehead atoms. The van der Waals surface area contributed by atoms with Crippen molar-refractivity contribution in [2.24, 2.45) is 5.41 Å². The van der Waals surface area contributed by atoms with Crippen molar-refractivity contribution in [1.29, 1.82) is 0 Å². The number of sulfonamides is 1. The van der Waals surface area contributed by atoms with Gasteiger partial charge >= 0.3 is 0 Å². The largest absolute Gasteiger partial charge is 0.497 e. The lowest BCUT2D eigenvalue weighted by Gasteiger charge is -2.53. The zero-order valence-corrected chi connectivity index (χ0v) is 18.2. The third-order valence-electron chi connectivity index (χ3n) is 6.14. The number of nitrogens with zero attached hydrogens (tertiary/aromatic N) is 3. The van der Waals surface area contributed by atoms with E-state index in [9.17, 15) is 18.0 Å². The Morgan fingerprint density at radius 1 is 1.31 bits per heavy atom. The minimum atomic E-state index is -3.38. The Morgan fingerprint density at radius 2 is 2.03 bits per heavy atom. The van der Waals surface area contributed by atoms with E-state index in [0.29, 0.717) is 18.7 Å². The van der Waals surface area contributed by atoms with Crippen LogP contribution in [-0.4, -0.2) is 87.5 Å². The number of carbonyl (C=O) groups is 2. The Kier molecular flexibility index (Phi) is 5.91. The molecule has 29 heavy (non-hydrogen) atoms. The molecule has 2 aliphatic heterocycles. The number of likely N-dealkylation sites (tertiary alicyclic amines) is 1. The molecule has 0 spiro atoms. The lowest BCUT2D eigenvalue weighted by Crippen LogP contribution is -2.67. The van der Waals surface area contributed by atoms with Crippen LogP contribution in [0.3, 0.4) is 0 Å². The third kappa shape index (κ3) is 3.98. The van der Waals surface area contributed by atoms with Crippen molar-refractivity contribution in [2.45, 2.75) is 25.3 Å². The molecule has 0 N–H and O–H groups in total. The molecule has 2 saturated heterocycles. The van der Waals surface area contributed by atoms with Crippen molar-refractivity contribution in [3.63, 3.8) is 0 Å². The van der Waals surface area contributed by atoms with Crippen LogP contribution in [0.4, 0.5) is 0 Å². The molecule has 0 aliphatic carbocycles. The summed E-state index contributed by atoms with van der Waals surface area (Å²) in [5.74, 6) is 0.409. The van der Waals surface area contributed by atoms with E-state index in [1.165, 1.54) is 9.21 Å². The lowest BCUT2D eigenvalue weighted by atomic mass is 9.72.